The molecule has 0 aliphatic rings. The van der Waals surface area contributed by atoms with Crippen LogP contribution in [0.15, 0.2) is 18.2 Å². The molecule has 4 nitrogen and oxygen atoms in total. The molecule has 0 saturated carbocycles. The first-order valence-corrected chi connectivity index (χ1v) is 6.70. The van der Waals surface area contributed by atoms with E-state index in [4.69, 9.17) is 10.8 Å². The third kappa shape index (κ3) is 4.65. The lowest BCUT2D eigenvalue weighted by atomic mass is 10.0. The summed E-state index contributed by atoms with van der Waals surface area (Å²) in [7, 11) is 0. The maximum Gasteiger partial charge on any atom is 0.248 e. The zero-order valence-electron chi connectivity index (χ0n) is 12.0. The predicted molar refractivity (Wildman–Crippen MR) is 76.9 cm³/mol. The fourth-order valence-electron chi connectivity index (χ4n) is 2.04. The molecule has 0 radical (unpaired) electrons. The van der Waals surface area contributed by atoms with E-state index in [0.29, 0.717) is 11.6 Å². The third-order valence-electron chi connectivity index (χ3n) is 3.33. The molecule has 19 heavy (non-hydrogen) atoms. The summed E-state index contributed by atoms with van der Waals surface area (Å²) in [6.45, 7) is 8.18. The Hall–Kier alpha value is -1.39. The van der Waals surface area contributed by atoms with Crippen LogP contribution < -0.4 is 5.73 Å². The van der Waals surface area contributed by atoms with Crippen molar-refractivity contribution >= 4 is 5.91 Å². The summed E-state index contributed by atoms with van der Waals surface area (Å²) in [6.07, 6.45) is 0.774. The molecule has 4 heteroatoms. The number of aliphatic hydroxyl groups is 1. The van der Waals surface area contributed by atoms with E-state index >= 15 is 0 Å². The van der Waals surface area contributed by atoms with Gasteiger partial charge in [0, 0.05) is 31.3 Å². The lowest BCUT2D eigenvalue weighted by Gasteiger charge is -2.27. The van der Waals surface area contributed by atoms with Crippen LogP contribution in [0.25, 0.3) is 0 Å². The molecule has 0 bridgehead atoms. The molecule has 0 fully saturated rings. The molecule has 0 spiro atoms. The first-order chi connectivity index (χ1) is 8.95. The number of aryl methyl sites for hydroxylation is 1. The molecule has 0 unspecified atom stereocenters. The zero-order chi connectivity index (χ0) is 14.4. The van der Waals surface area contributed by atoms with Crippen LogP contribution in [0.5, 0.6) is 0 Å². The van der Waals surface area contributed by atoms with Crippen LogP contribution in [-0.2, 0) is 6.54 Å². The number of rotatable bonds is 7. The van der Waals surface area contributed by atoms with E-state index in [-0.39, 0.29) is 6.61 Å². The van der Waals surface area contributed by atoms with Gasteiger partial charge in [0.05, 0.1) is 0 Å². The van der Waals surface area contributed by atoms with Crippen molar-refractivity contribution in [2.75, 3.05) is 13.2 Å². The van der Waals surface area contributed by atoms with Crippen LogP contribution >= 0.6 is 0 Å². The van der Waals surface area contributed by atoms with E-state index in [2.05, 4.69) is 18.7 Å². The number of carbonyl (C=O) groups excluding carboxylic acids is 1. The van der Waals surface area contributed by atoms with Gasteiger partial charge in [0.15, 0.2) is 0 Å². The van der Waals surface area contributed by atoms with Crippen molar-refractivity contribution in [2.45, 2.75) is 39.8 Å². The molecule has 1 rings (SSSR count). The van der Waals surface area contributed by atoms with Gasteiger partial charge in [-0.15, -0.1) is 0 Å². The van der Waals surface area contributed by atoms with Crippen molar-refractivity contribution in [3.8, 4) is 0 Å². The normalized spacial score (nSPS) is 11.3. The molecule has 106 valence electrons. The summed E-state index contributed by atoms with van der Waals surface area (Å²) in [4.78, 5) is 13.4. The molecule has 1 amide bonds. The van der Waals surface area contributed by atoms with E-state index in [9.17, 15) is 4.79 Å². The van der Waals surface area contributed by atoms with Crippen molar-refractivity contribution in [3.63, 3.8) is 0 Å². The summed E-state index contributed by atoms with van der Waals surface area (Å²) in [5, 5.41) is 8.94. The van der Waals surface area contributed by atoms with Gasteiger partial charge < -0.3 is 10.8 Å². The smallest absolute Gasteiger partial charge is 0.248 e. The highest BCUT2D eigenvalue weighted by atomic mass is 16.3. The fourth-order valence-corrected chi connectivity index (χ4v) is 2.04. The van der Waals surface area contributed by atoms with Crippen molar-refractivity contribution in [3.05, 3.63) is 34.9 Å². The third-order valence-corrected chi connectivity index (χ3v) is 3.33. The summed E-state index contributed by atoms with van der Waals surface area (Å²) >= 11 is 0. The average Bonchev–Trinajstić information content (AvgIpc) is 2.35. The highest BCUT2D eigenvalue weighted by molar-refractivity contribution is 5.93. The Morgan fingerprint density at radius 2 is 2.11 bits per heavy atom. The van der Waals surface area contributed by atoms with Gasteiger partial charge in [-0.2, -0.15) is 0 Å². The van der Waals surface area contributed by atoms with Crippen molar-refractivity contribution < 1.29 is 9.90 Å². The molecule has 0 aliphatic carbocycles. The maximum atomic E-state index is 11.1. The quantitative estimate of drug-likeness (QED) is 0.787. The van der Waals surface area contributed by atoms with E-state index in [1.165, 1.54) is 5.56 Å². The first-order valence-electron chi connectivity index (χ1n) is 6.70. The average molecular weight is 264 g/mol. The van der Waals surface area contributed by atoms with Crippen LogP contribution in [0.3, 0.4) is 0 Å². The molecule has 1 aromatic carbocycles. The van der Waals surface area contributed by atoms with Crippen molar-refractivity contribution in [2.24, 2.45) is 5.73 Å². The van der Waals surface area contributed by atoms with Gasteiger partial charge in [-0.1, -0.05) is 6.07 Å². The number of hydrogen-bond donors (Lipinski definition) is 2. The van der Waals surface area contributed by atoms with Gasteiger partial charge in [-0.25, -0.2) is 0 Å². The van der Waals surface area contributed by atoms with Crippen molar-refractivity contribution in [1.29, 1.82) is 0 Å². The molecular weight excluding hydrogens is 240 g/mol. The molecule has 0 aliphatic heterocycles. The predicted octanol–water partition coefficient (Wildman–Crippen LogP) is 1.69. The minimum atomic E-state index is -0.393. The van der Waals surface area contributed by atoms with Gasteiger partial charge >= 0.3 is 0 Å². The lowest BCUT2D eigenvalue weighted by Crippen LogP contribution is -2.32. The van der Waals surface area contributed by atoms with E-state index in [1.54, 1.807) is 6.07 Å². The van der Waals surface area contributed by atoms with Crippen LogP contribution in [0.4, 0.5) is 0 Å². The first kappa shape index (κ1) is 15.7. The molecule has 0 heterocycles. The van der Waals surface area contributed by atoms with E-state index in [0.717, 1.165) is 25.1 Å². The molecule has 1 aromatic rings. The number of nitrogens with zero attached hydrogens (tertiary/aromatic N) is 1. The van der Waals surface area contributed by atoms with Gasteiger partial charge in [-0.05, 0) is 50.5 Å². The number of nitrogens with two attached hydrogens (primary N) is 1. The van der Waals surface area contributed by atoms with Gasteiger partial charge in [-0.3, -0.25) is 9.69 Å². The Morgan fingerprint density at radius 1 is 1.42 bits per heavy atom. The number of primary amides is 1. The van der Waals surface area contributed by atoms with Crippen LogP contribution in [0, 0.1) is 6.92 Å². The SMILES string of the molecule is Cc1cc(C(N)=O)ccc1CN(CCCO)C(C)C. The Morgan fingerprint density at radius 3 is 2.58 bits per heavy atom. The molecule has 3 N–H and O–H groups in total. The fraction of sp³-hybridized carbons (Fsp3) is 0.533. The van der Waals surface area contributed by atoms with Crippen LogP contribution in [0.1, 0.15) is 41.8 Å². The number of amides is 1. The lowest BCUT2D eigenvalue weighted by molar-refractivity contribution is 0.1000. The summed E-state index contributed by atoms with van der Waals surface area (Å²) in [5.41, 5.74) is 8.09. The second kappa shape index (κ2) is 7.26. The second-order valence-corrected chi connectivity index (χ2v) is 5.15. The second-order valence-electron chi connectivity index (χ2n) is 5.15. The van der Waals surface area contributed by atoms with Crippen LogP contribution in [0.2, 0.25) is 0 Å². The molecular formula is C15H24N2O2. The number of aliphatic hydroxyl groups excluding tert-OH is 1. The van der Waals surface area contributed by atoms with Gasteiger partial charge in [0.25, 0.3) is 0 Å². The Bertz CT molecular complexity index is 430. The highest BCUT2D eigenvalue weighted by Gasteiger charge is 2.12. The summed E-state index contributed by atoms with van der Waals surface area (Å²) < 4.78 is 0. The van der Waals surface area contributed by atoms with E-state index < -0.39 is 5.91 Å². The number of carbonyl (C=O) groups is 1. The Balaban J connectivity index is 2.81. The van der Waals surface area contributed by atoms with Crippen LogP contribution in [-0.4, -0.2) is 35.1 Å². The Labute approximate surface area is 115 Å². The monoisotopic (exact) mass is 264 g/mol. The Kier molecular flexibility index (Phi) is 5.99. The summed E-state index contributed by atoms with van der Waals surface area (Å²) in [5.74, 6) is -0.393. The molecule has 0 saturated heterocycles. The largest absolute Gasteiger partial charge is 0.396 e. The maximum absolute atomic E-state index is 11.1. The minimum Gasteiger partial charge on any atom is -0.396 e. The van der Waals surface area contributed by atoms with Gasteiger partial charge in [0.1, 0.15) is 0 Å². The topological polar surface area (TPSA) is 66.6 Å². The number of hydrogen-bond acceptors (Lipinski definition) is 3. The molecule has 0 atom stereocenters. The standard InChI is InChI=1S/C15H24N2O2/c1-11(2)17(7-4-8-18)10-14-6-5-13(15(16)19)9-12(14)3/h5-6,9,11,18H,4,7-8,10H2,1-3H3,(H2,16,19). The molecule has 0 aromatic heterocycles. The number of benzene rings is 1. The highest BCUT2D eigenvalue weighted by Crippen LogP contribution is 2.15. The summed E-state index contributed by atoms with van der Waals surface area (Å²) in [6, 6.07) is 5.99. The zero-order valence-corrected chi connectivity index (χ0v) is 12.0. The van der Waals surface area contributed by atoms with Gasteiger partial charge in [0.2, 0.25) is 5.91 Å². The van der Waals surface area contributed by atoms with Crippen molar-refractivity contribution in [1.82, 2.24) is 4.90 Å². The minimum absolute atomic E-state index is 0.211. The van der Waals surface area contributed by atoms with E-state index in [1.807, 2.05) is 19.1 Å².